The van der Waals surface area contributed by atoms with Crippen LogP contribution >= 0.6 is 27.3 Å². The Balaban J connectivity index is 1.33. The van der Waals surface area contributed by atoms with E-state index in [9.17, 15) is 14.7 Å². The van der Waals surface area contributed by atoms with E-state index >= 15 is 0 Å². The molecular formula is C25H22BrN5O3S. The number of hydrogen-bond donors (Lipinski definition) is 1. The van der Waals surface area contributed by atoms with Crippen LogP contribution in [0.1, 0.15) is 27.7 Å². The van der Waals surface area contributed by atoms with Crippen molar-refractivity contribution < 1.29 is 9.90 Å². The van der Waals surface area contributed by atoms with Crippen LogP contribution in [0.25, 0.3) is 10.9 Å². The van der Waals surface area contributed by atoms with E-state index in [1.165, 1.54) is 11.3 Å². The Morgan fingerprint density at radius 1 is 1.14 bits per heavy atom. The van der Waals surface area contributed by atoms with Gasteiger partial charge in [-0.05, 0) is 48.1 Å². The lowest BCUT2D eigenvalue weighted by molar-refractivity contribution is 0.0922. The quantitative estimate of drug-likeness (QED) is 0.347. The van der Waals surface area contributed by atoms with Crippen molar-refractivity contribution in [3.05, 3.63) is 79.3 Å². The number of piperidine rings is 1. The van der Waals surface area contributed by atoms with E-state index in [1.54, 1.807) is 18.2 Å². The number of fused-ring (bicyclic) bond motifs is 5. The minimum atomic E-state index is -0.437. The van der Waals surface area contributed by atoms with Gasteiger partial charge in [0.25, 0.3) is 5.56 Å². The molecule has 2 aliphatic rings. The van der Waals surface area contributed by atoms with Gasteiger partial charge in [0.15, 0.2) is 5.69 Å². The number of likely N-dealkylation sites (tertiary alicyclic amines) is 1. The van der Waals surface area contributed by atoms with E-state index in [-0.39, 0.29) is 23.0 Å². The highest BCUT2D eigenvalue weighted by molar-refractivity contribution is 9.10. The first-order valence-electron chi connectivity index (χ1n) is 11.4. The summed E-state index contributed by atoms with van der Waals surface area (Å²) in [5.41, 5.74) is 2.25. The van der Waals surface area contributed by atoms with E-state index in [4.69, 9.17) is 0 Å². The Hall–Kier alpha value is -3.08. The van der Waals surface area contributed by atoms with Crippen LogP contribution in [-0.2, 0) is 13.2 Å². The van der Waals surface area contributed by atoms with Crippen molar-refractivity contribution in [1.29, 1.82) is 0 Å². The molecule has 35 heavy (non-hydrogen) atoms. The van der Waals surface area contributed by atoms with Crippen LogP contribution in [0.15, 0.2) is 73.4 Å². The molecule has 1 saturated heterocycles. The number of rotatable bonds is 4. The highest BCUT2D eigenvalue weighted by Crippen LogP contribution is 2.41. The molecule has 3 aromatic heterocycles. The predicted octanol–water partition coefficient (Wildman–Crippen LogP) is 5.33. The van der Waals surface area contributed by atoms with Crippen LogP contribution in [0.2, 0.25) is 0 Å². The summed E-state index contributed by atoms with van der Waals surface area (Å²) in [7, 11) is 0. The lowest BCUT2D eigenvalue weighted by atomic mass is 9.83. The third-order valence-electron chi connectivity index (χ3n) is 6.84. The first-order valence-corrected chi connectivity index (χ1v) is 13.1. The summed E-state index contributed by atoms with van der Waals surface area (Å²) in [4.78, 5) is 27.5. The topological polar surface area (TPSA) is 92.2 Å². The molecule has 2 bridgehead atoms. The van der Waals surface area contributed by atoms with Gasteiger partial charge < -0.3 is 9.67 Å². The fourth-order valence-electron chi connectivity index (χ4n) is 5.39. The van der Waals surface area contributed by atoms with Crippen molar-refractivity contribution >= 4 is 49.8 Å². The number of benzene rings is 1. The Kier molecular flexibility index (Phi) is 5.66. The normalized spacial score (nSPS) is 19.9. The van der Waals surface area contributed by atoms with Crippen molar-refractivity contribution in [1.82, 2.24) is 14.0 Å². The number of hydrogen-bond acceptors (Lipinski definition) is 6. The molecule has 0 aliphatic carbocycles. The zero-order valence-electron chi connectivity index (χ0n) is 18.7. The van der Waals surface area contributed by atoms with Crippen LogP contribution in [0.4, 0.5) is 5.69 Å². The number of pyridine rings is 1. The second-order valence-electron chi connectivity index (χ2n) is 9.12. The third kappa shape index (κ3) is 4.05. The molecule has 10 heteroatoms. The van der Waals surface area contributed by atoms with Gasteiger partial charge in [0.1, 0.15) is 0 Å². The number of carbonyl (C=O) groups is 1. The van der Waals surface area contributed by atoms with Gasteiger partial charge in [-0.2, -0.15) is 0 Å². The minimum absolute atomic E-state index is 0.0202. The number of halogens is 1. The largest absolute Gasteiger partial charge is 0.493 e. The molecule has 8 nitrogen and oxygen atoms in total. The maximum Gasteiger partial charge on any atom is 0.305 e. The van der Waals surface area contributed by atoms with Gasteiger partial charge in [0.2, 0.25) is 5.88 Å². The molecule has 6 rings (SSSR count). The first kappa shape index (κ1) is 22.4. The lowest BCUT2D eigenvalue weighted by Crippen LogP contribution is -2.47. The molecule has 4 aromatic rings. The monoisotopic (exact) mass is 551 g/mol. The number of aromatic nitrogens is 2. The Labute approximate surface area is 213 Å². The number of azo groups is 1. The van der Waals surface area contributed by atoms with Crippen molar-refractivity contribution in [2.75, 3.05) is 13.1 Å². The van der Waals surface area contributed by atoms with Gasteiger partial charge in [0, 0.05) is 47.2 Å². The maximum absolute atomic E-state index is 12.4. The highest BCUT2D eigenvalue weighted by Gasteiger charge is 2.35. The van der Waals surface area contributed by atoms with Gasteiger partial charge in [0.05, 0.1) is 17.1 Å². The van der Waals surface area contributed by atoms with Gasteiger partial charge >= 0.3 is 5.91 Å². The van der Waals surface area contributed by atoms with Crippen LogP contribution in [-0.4, -0.2) is 38.1 Å². The summed E-state index contributed by atoms with van der Waals surface area (Å²) >= 11 is 4.80. The Bertz CT molecular complexity index is 1520. The van der Waals surface area contributed by atoms with Crippen molar-refractivity contribution in [2.45, 2.75) is 25.6 Å². The second-order valence-corrected chi connectivity index (χ2v) is 11.0. The molecule has 0 saturated carbocycles. The lowest BCUT2D eigenvalue weighted by Gasteiger charge is -2.42. The summed E-state index contributed by atoms with van der Waals surface area (Å²) < 4.78 is 4.59. The summed E-state index contributed by atoms with van der Waals surface area (Å²) in [5.74, 6) is 0.195. The highest BCUT2D eigenvalue weighted by atomic mass is 79.9. The van der Waals surface area contributed by atoms with Crippen LogP contribution in [0.5, 0.6) is 5.88 Å². The maximum atomic E-state index is 12.4. The average Bonchev–Trinajstić information content (AvgIpc) is 3.46. The molecule has 1 fully saturated rings. The van der Waals surface area contributed by atoms with Gasteiger partial charge in [-0.1, -0.05) is 28.1 Å². The van der Waals surface area contributed by atoms with E-state index in [1.807, 2.05) is 38.8 Å². The molecule has 1 aromatic carbocycles. The molecule has 2 aliphatic heterocycles. The minimum Gasteiger partial charge on any atom is -0.493 e. The molecule has 5 heterocycles. The number of nitrogens with zero attached hydrogens (tertiary/aromatic N) is 5. The van der Waals surface area contributed by atoms with Crippen molar-refractivity contribution in [3.8, 4) is 5.88 Å². The zero-order valence-corrected chi connectivity index (χ0v) is 21.1. The molecule has 178 valence electrons. The summed E-state index contributed by atoms with van der Waals surface area (Å²) in [6, 6.07) is 14.7. The summed E-state index contributed by atoms with van der Waals surface area (Å²) in [6.07, 6.45) is 1.07. The Morgan fingerprint density at radius 3 is 2.86 bits per heavy atom. The molecule has 0 unspecified atom stereocenters. The molecule has 1 amide bonds. The molecular weight excluding hydrogens is 530 g/mol. The van der Waals surface area contributed by atoms with Crippen molar-refractivity contribution in [2.24, 2.45) is 16.1 Å². The SMILES string of the molecule is O=C(N=Nc1c(O)n(CN2C[C@H]3C[C@H](C2)c2cccc(=O)n2C3)c2ccc(Br)cc12)c1cccs1. The van der Waals surface area contributed by atoms with E-state index in [0.717, 1.165) is 41.7 Å². The number of thiophene rings is 1. The summed E-state index contributed by atoms with van der Waals surface area (Å²) in [6.45, 7) is 2.82. The van der Waals surface area contributed by atoms with Crippen LogP contribution < -0.4 is 5.56 Å². The predicted molar refractivity (Wildman–Crippen MR) is 138 cm³/mol. The smallest absolute Gasteiger partial charge is 0.305 e. The van der Waals surface area contributed by atoms with Gasteiger partial charge in [-0.15, -0.1) is 21.6 Å². The number of amides is 1. The summed E-state index contributed by atoms with van der Waals surface area (Å²) in [5, 5.41) is 21.8. The van der Waals surface area contributed by atoms with Crippen LogP contribution in [0.3, 0.4) is 0 Å². The molecule has 2 atom stereocenters. The van der Waals surface area contributed by atoms with Gasteiger partial charge in [-0.25, -0.2) is 0 Å². The first-order chi connectivity index (χ1) is 17.0. The van der Waals surface area contributed by atoms with E-state index < -0.39 is 5.91 Å². The van der Waals surface area contributed by atoms with E-state index in [0.29, 0.717) is 22.8 Å². The molecule has 0 radical (unpaired) electrons. The third-order valence-corrected chi connectivity index (χ3v) is 8.19. The zero-order chi connectivity index (χ0) is 24.1. The standard InChI is InChI=1S/C25H22BrN5O3S/c26-17-6-7-20-18(10-17)23(27-28-24(33)21-4-2-8-35-21)25(34)31(20)14-29-11-15-9-16(13-29)19-3-1-5-22(32)30(19)12-15/h1-8,10,15-16,34H,9,11-14H2/t15-,16-/m1/s1. The second kappa shape index (κ2) is 8.85. The molecule has 1 N–H and O–H groups in total. The number of carbonyl (C=O) groups excluding carboxylic acids is 1. The van der Waals surface area contributed by atoms with Crippen molar-refractivity contribution in [3.63, 3.8) is 0 Å². The fourth-order valence-corrected chi connectivity index (χ4v) is 6.36. The van der Waals surface area contributed by atoms with E-state index in [2.05, 4.69) is 37.1 Å². The number of aromatic hydroxyl groups is 1. The van der Waals surface area contributed by atoms with Gasteiger partial charge in [-0.3, -0.25) is 19.1 Å². The Morgan fingerprint density at radius 2 is 2.03 bits per heavy atom. The molecule has 0 spiro atoms. The van der Waals surface area contributed by atoms with Crippen LogP contribution in [0, 0.1) is 5.92 Å². The average molecular weight is 552 g/mol. The fraction of sp³-hybridized carbons (Fsp3) is 0.280.